The topological polar surface area (TPSA) is 107 Å². The smallest absolute Gasteiger partial charge is 0.325 e. The average Bonchev–Trinajstić information content (AvgIpc) is 2.88. The summed E-state index contributed by atoms with van der Waals surface area (Å²) >= 11 is 2.46. The van der Waals surface area contributed by atoms with E-state index in [0.29, 0.717) is 9.50 Å². The zero-order valence-electron chi connectivity index (χ0n) is 10.6. The van der Waals surface area contributed by atoms with Gasteiger partial charge in [0.2, 0.25) is 5.16 Å². The molecular weight excluding hydrogens is 288 g/mol. The van der Waals surface area contributed by atoms with Gasteiger partial charge in [0.15, 0.2) is 4.34 Å². The molecule has 0 aliphatic carbocycles. The minimum Gasteiger partial charge on any atom is -0.480 e. The lowest BCUT2D eigenvalue weighted by Crippen LogP contribution is -2.13. The lowest BCUT2D eigenvalue weighted by atomic mass is 9.96. The Morgan fingerprint density at radius 2 is 2.21 bits per heavy atom. The van der Waals surface area contributed by atoms with E-state index in [1.807, 2.05) is 20.8 Å². The van der Waals surface area contributed by atoms with E-state index in [4.69, 9.17) is 5.11 Å². The Balaban J connectivity index is 2.15. The van der Waals surface area contributed by atoms with Crippen molar-refractivity contribution in [3.05, 3.63) is 5.82 Å². The van der Waals surface area contributed by atoms with Crippen molar-refractivity contribution in [3.8, 4) is 0 Å². The second-order valence-corrected chi connectivity index (χ2v) is 6.72. The zero-order chi connectivity index (χ0) is 14.0. The largest absolute Gasteiger partial charge is 0.480 e. The number of carbonyl (C=O) groups is 1. The van der Waals surface area contributed by atoms with E-state index in [2.05, 4.69) is 24.9 Å². The minimum atomic E-state index is -0.998. The SMILES string of the molecule is CC(C)(C)c1nsc(Sc2nnnn2CC(=O)O)n1. The van der Waals surface area contributed by atoms with Gasteiger partial charge in [-0.05, 0) is 33.7 Å². The quantitative estimate of drug-likeness (QED) is 0.893. The molecule has 0 aromatic carbocycles. The van der Waals surface area contributed by atoms with Crippen LogP contribution in [0.5, 0.6) is 0 Å². The summed E-state index contributed by atoms with van der Waals surface area (Å²) in [6, 6.07) is 0. The highest BCUT2D eigenvalue weighted by molar-refractivity contribution is 8.00. The molecule has 2 rings (SSSR count). The van der Waals surface area contributed by atoms with Crippen LogP contribution in [0.15, 0.2) is 9.50 Å². The maximum atomic E-state index is 10.7. The van der Waals surface area contributed by atoms with Gasteiger partial charge in [-0.2, -0.15) is 4.37 Å². The van der Waals surface area contributed by atoms with Crippen molar-refractivity contribution in [2.75, 3.05) is 0 Å². The van der Waals surface area contributed by atoms with Gasteiger partial charge in [0.05, 0.1) is 0 Å². The van der Waals surface area contributed by atoms with Crippen LogP contribution in [0.3, 0.4) is 0 Å². The Morgan fingerprint density at radius 1 is 1.47 bits per heavy atom. The predicted molar refractivity (Wildman–Crippen MR) is 68.2 cm³/mol. The molecule has 2 aromatic rings. The lowest BCUT2D eigenvalue weighted by Gasteiger charge is -2.11. The van der Waals surface area contributed by atoms with Crippen molar-refractivity contribution in [3.63, 3.8) is 0 Å². The highest BCUT2D eigenvalue weighted by Gasteiger charge is 2.21. The third-order valence-electron chi connectivity index (χ3n) is 2.04. The highest BCUT2D eigenvalue weighted by atomic mass is 32.2. The molecule has 0 amide bonds. The molecule has 2 aromatic heterocycles. The van der Waals surface area contributed by atoms with Gasteiger partial charge in [0.25, 0.3) is 0 Å². The fraction of sp³-hybridized carbons (Fsp3) is 0.556. The standard InChI is InChI=1S/C9H12N6O2S2/c1-9(2,3)6-10-8(19-12-6)18-7-11-13-14-15(7)4-5(16)17/h4H2,1-3H3,(H,16,17). The average molecular weight is 300 g/mol. The van der Waals surface area contributed by atoms with E-state index < -0.39 is 5.97 Å². The first-order valence-electron chi connectivity index (χ1n) is 5.36. The normalized spacial score (nSPS) is 11.7. The summed E-state index contributed by atoms with van der Waals surface area (Å²) in [5, 5.41) is 20.0. The third kappa shape index (κ3) is 3.47. The summed E-state index contributed by atoms with van der Waals surface area (Å²) < 4.78 is 6.17. The van der Waals surface area contributed by atoms with Gasteiger partial charge in [0, 0.05) is 5.41 Å². The summed E-state index contributed by atoms with van der Waals surface area (Å²) in [7, 11) is 0. The second kappa shape index (κ2) is 5.21. The second-order valence-electron chi connectivity index (χ2n) is 4.75. The van der Waals surface area contributed by atoms with E-state index in [-0.39, 0.29) is 12.0 Å². The predicted octanol–water partition coefficient (Wildman–Crippen LogP) is 1.06. The maximum absolute atomic E-state index is 10.7. The molecule has 0 spiro atoms. The molecule has 0 bridgehead atoms. The van der Waals surface area contributed by atoms with Gasteiger partial charge in [0.1, 0.15) is 12.4 Å². The number of hydrogen-bond donors (Lipinski definition) is 1. The van der Waals surface area contributed by atoms with E-state index in [1.165, 1.54) is 28.0 Å². The number of carboxylic acids is 1. The lowest BCUT2D eigenvalue weighted by molar-refractivity contribution is -0.138. The van der Waals surface area contributed by atoms with Gasteiger partial charge >= 0.3 is 5.97 Å². The Bertz CT molecular complexity index is 588. The summed E-state index contributed by atoms with van der Waals surface area (Å²) in [5.74, 6) is -0.251. The minimum absolute atomic E-state index is 0.123. The van der Waals surface area contributed by atoms with Gasteiger partial charge in [-0.25, -0.2) is 9.67 Å². The summed E-state index contributed by atoms with van der Waals surface area (Å²) in [4.78, 5) is 15.0. The number of hydrogen-bond acceptors (Lipinski definition) is 8. The van der Waals surface area contributed by atoms with E-state index in [0.717, 1.165) is 5.82 Å². The molecule has 0 aliphatic heterocycles. The van der Waals surface area contributed by atoms with Crippen molar-refractivity contribution in [2.24, 2.45) is 0 Å². The monoisotopic (exact) mass is 300 g/mol. The van der Waals surface area contributed by atoms with Gasteiger partial charge in [-0.15, -0.1) is 5.10 Å². The van der Waals surface area contributed by atoms with Crippen LogP contribution in [0.1, 0.15) is 26.6 Å². The molecule has 0 saturated heterocycles. The first-order chi connectivity index (χ1) is 8.86. The van der Waals surface area contributed by atoms with Crippen LogP contribution in [-0.2, 0) is 16.8 Å². The number of nitrogens with zero attached hydrogens (tertiary/aromatic N) is 6. The van der Waals surface area contributed by atoms with Crippen molar-refractivity contribution < 1.29 is 9.90 Å². The number of aromatic nitrogens is 6. The number of tetrazole rings is 1. The Hall–Kier alpha value is -1.55. The van der Waals surface area contributed by atoms with Gasteiger partial charge in [-0.3, -0.25) is 4.79 Å². The van der Waals surface area contributed by atoms with E-state index in [9.17, 15) is 4.79 Å². The molecule has 10 heteroatoms. The van der Waals surface area contributed by atoms with Crippen LogP contribution in [-0.4, -0.2) is 40.6 Å². The third-order valence-corrected chi connectivity index (χ3v) is 3.77. The number of rotatable bonds is 4. The molecular formula is C9H12N6O2S2. The molecule has 19 heavy (non-hydrogen) atoms. The first kappa shape index (κ1) is 13.9. The Morgan fingerprint density at radius 3 is 2.79 bits per heavy atom. The molecule has 0 unspecified atom stereocenters. The zero-order valence-corrected chi connectivity index (χ0v) is 12.2. The van der Waals surface area contributed by atoms with Crippen LogP contribution in [0, 0.1) is 0 Å². The molecule has 102 valence electrons. The highest BCUT2D eigenvalue weighted by Crippen LogP contribution is 2.29. The molecule has 2 heterocycles. The number of aliphatic carboxylic acids is 1. The summed E-state index contributed by atoms with van der Waals surface area (Å²) in [5.41, 5.74) is -0.123. The molecule has 0 fully saturated rings. The molecule has 0 saturated carbocycles. The molecule has 0 radical (unpaired) electrons. The van der Waals surface area contributed by atoms with Crippen LogP contribution in [0.2, 0.25) is 0 Å². The fourth-order valence-electron chi connectivity index (χ4n) is 1.13. The maximum Gasteiger partial charge on any atom is 0.325 e. The van der Waals surface area contributed by atoms with E-state index in [1.54, 1.807) is 0 Å². The van der Waals surface area contributed by atoms with Crippen molar-refractivity contribution in [1.29, 1.82) is 0 Å². The first-order valence-corrected chi connectivity index (χ1v) is 6.95. The molecule has 8 nitrogen and oxygen atoms in total. The summed E-state index contributed by atoms with van der Waals surface area (Å²) in [6.45, 7) is 5.80. The molecule has 1 N–H and O–H groups in total. The fourth-order valence-corrected chi connectivity index (χ4v) is 2.79. The van der Waals surface area contributed by atoms with Crippen LogP contribution in [0.4, 0.5) is 0 Å². The van der Waals surface area contributed by atoms with Crippen molar-refractivity contribution >= 4 is 29.3 Å². The van der Waals surface area contributed by atoms with Crippen molar-refractivity contribution in [2.45, 2.75) is 42.2 Å². The Kier molecular flexibility index (Phi) is 3.80. The van der Waals surface area contributed by atoms with Crippen LogP contribution in [0.25, 0.3) is 0 Å². The summed E-state index contributed by atoms with van der Waals surface area (Å²) in [6.07, 6.45) is 0. The molecule has 0 atom stereocenters. The van der Waals surface area contributed by atoms with Crippen molar-refractivity contribution in [1.82, 2.24) is 29.6 Å². The van der Waals surface area contributed by atoms with Crippen LogP contribution >= 0.6 is 23.3 Å². The van der Waals surface area contributed by atoms with Crippen LogP contribution < -0.4 is 0 Å². The molecule has 0 aliphatic rings. The Labute approximate surface area is 117 Å². The van der Waals surface area contributed by atoms with E-state index >= 15 is 0 Å². The van der Waals surface area contributed by atoms with Gasteiger partial charge < -0.3 is 5.11 Å². The number of carboxylic acid groups (broad SMARTS) is 1. The van der Waals surface area contributed by atoms with Gasteiger partial charge in [-0.1, -0.05) is 20.8 Å².